The van der Waals surface area contributed by atoms with Crippen LogP contribution in [0.2, 0.25) is 0 Å². The van der Waals surface area contributed by atoms with E-state index in [1.54, 1.807) is 12.1 Å². The van der Waals surface area contributed by atoms with Gasteiger partial charge in [-0.2, -0.15) is 0 Å². The standard InChI is InChI=1S/C7H8NOP/c8-5-6-1-3-7(10-9)4-2-6/h1-4H,5,8H2. The normalized spacial score (nSPS) is 10.1. The van der Waals surface area contributed by atoms with Crippen molar-refractivity contribution in [3.05, 3.63) is 29.8 Å². The van der Waals surface area contributed by atoms with E-state index in [2.05, 4.69) is 0 Å². The predicted octanol–water partition coefficient (Wildman–Crippen LogP) is 1.06. The van der Waals surface area contributed by atoms with Crippen LogP contribution in [0.1, 0.15) is 5.56 Å². The molecule has 0 aliphatic rings. The third-order valence-corrected chi connectivity index (χ3v) is 1.79. The molecule has 0 aliphatic carbocycles. The van der Waals surface area contributed by atoms with Gasteiger partial charge in [-0.1, -0.05) is 12.1 Å². The van der Waals surface area contributed by atoms with Crippen molar-refractivity contribution >= 4 is 13.8 Å². The first-order valence-electron chi connectivity index (χ1n) is 2.99. The molecule has 0 amide bonds. The lowest BCUT2D eigenvalue weighted by Crippen LogP contribution is -1.98. The maximum atomic E-state index is 10.3. The Bertz CT molecular complexity index is 220. The van der Waals surface area contributed by atoms with Gasteiger partial charge in [0.25, 0.3) is 0 Å². The molecule has 3 heteroatoms. The molecule has 0 unspecified atom stereocenters. The fourth-order valence-corrected chi connectivity index (χ4v) is 0.964. The molecule has 52 valence electrons. The fraction of sp³-hybridized carbons (Fsp3) is 0.143. The van der Waals surface area contributed by atoms with E-state index in [1.165, 1.54) is 0 Å². The lowest BCUT2D eigenvalue weighted by Gasteiger charge is -1.93. The second kappa shape index (κ2) is 3.45. The van der Waals surface area contributed by atoms with Gasteiger partial charge in [0.1, 0.15) is 0 Å². The zero-order valence-corrected chi connectivity index (χ0v) is 6.34. The van der Waals surface area contributed by atoms with E-state index < -0.39 is 0 Å². The summed E-state index contributed by atoms with van der Waals surface area (Å²) in [4.78, 5) is 0. The average Bonchev–Trinajstić information content (AvgIpc) is 2.05. The Kier molecular flexibility index (Phi) is 2.55. The number of rotatable bonds is 2. The summed E-state index contributed by atoms with van der Waals surface area (Å²) in [7, 11) is 0.0671. The van der Waals surface area contributed by atoms with Crippen LogP contribution in [0.3, 0.4) is 0 Å². The molecule has 0 saturated heterocycles. The maximum absolute atomic E-state index is 10.3. The lowest BCUT2D eigenvalue weighted by atomic mass is 10.2. The van der Waals surface area contributed by atoms with Crippen LogP contribution >= 0.6 is 8.46 Å². The third-order valence-electron chi connectivity index (χ3n) is 1.28. The summed E-state index contributed by atoms with van der Waals surface area (Å²) in [6.45, 7) is 0.538. The van der Waals surface area contributed by atoms with Gasteiger partial charge in [-0.3, -0.25) is 4.57 Å². The van der Waals surface area contributed by atoms with Crippen molar-refractivity contribution in [3.8, 4) is 0 Å². The van der Waals surface area contributed by atoms with Crippen molar-refractivity contribution in [2.24, 2.45) is 5.73 Å². The minimum Gasteiger partial charge on any atom is -0.326 e. The van der Waals surface area contributed by atoms with E-state index in [9.17, 15) is 4.57 Å². The zero-order chi connectivity index (χ0) is 7.40. The topological polar surface area (TPSA) is 43.1 Å². The van der Waals surface area contributed by atoms with E-state index in [0.29, 0.717) is 6.54 Å². The van der Waals surface area contributed by atoms with Crippen LogP contribution < -0.4 is 11.0 Å². The summed E-state index contributed by atoms with van der Waals surface area (Å²) in [5, 5.41) is 0.789. The van der Waals surface area contributed by atoms with E-state index in [1.807, 2.05) is 12.1 Å². The molecule has 2 N–H and O–H groups in total. The van der Waals surface area contributed by atoms with Crippen molar-refractivity contribution in [1.82, 2.24) is 0 Å². The van der Waals surface area contributed by atoms with Crippen LogP contribution in [0.25, 0.3) is 0 Å². The van der Waals surface area contributed by atoms with Gasteiger partial charge in [0.2, 0.25) is 0 Å². The molecule has 0 spiro atoms. The van der Waals surface area contributed by atoms with Gasteiger partial charge in [-0.05, 0) is 17.7 Å². The van der Waals surface area contributed by atoms with E-state index in [-0.39, 0.29) is 8.46 Å². The van der Waals surface area contributed by atoms with Gasteiger partial charge >= 0.3 is 0 Å². The molecule has 0 aliphatic heterocycles. The Morgan fingerprint density at radius 1 is 1.30 bits per heavy atom. The Balaban J connectivity index is 2.90. The number of nitrogens with two attached hydrogens (primary N) is 1. The molecule has 0 saturated carbocycles. The summed E-state index contributed by atoms with van der Waals surface area (Å²) in [6, 6.07) is 7.36. The van der Waals surface area contributed by atoms with Gasteiger partial charge in [-0.15, -0.1) is 0 Å². The monoisotopic (exact) mass is 153 g/mol. The molecule has 0 heterocycles. The lowest BCUT2D eigenvalue weighted by molar-refractivity contribution is 0.603. The first-order valence-corrected chi connectivity index (χ1v) is 3.80. The zero-order valence-electron chi connectivity index (χ0n) is 5.45. The first-order chi connectivity index (χ1) is 4.86. The van der Waals surface area contributed by atoms with Crippen LogP contribution in [-0.2, 0) is 11.1 Å². The summed E-state index contributed by atoms with van der Waals surface area (Å²) in [5.41, 5.74) is 6.42. The molecular formula is C7H8NOP. The molecule has 0 bridgehead atoms. The van der Waals surface area contributed by atoms with Gasteiger partial charge in [0.05, 0.1) is 0 Å². The van der Waals surface area contributed by atoms with Gasteiger partial charge < -0.3 is 5.73 Å². The minimum absolute atomic E-state index is 0.0671. The first kappa shape index (κ1) is 7.39. The molecule has 0 radical (unpaired) electrons. The summed E-state index contributed by atoms with van der Waals surface area (Å²) >= 11 is 0. The van der Waals surface area contributed by atoms with Crippen molar-refractivity contribution < 1.29 is 4.57 Å². The highest BCUT2D eigenvalue weighted by molar-refractivity contribution is 7.34. The molecule has 10 heavy (non-hydrogen) atoms. The highest BCUT2D eigenvalue weighted by Gasteiger charge is 1.89. The molecule has 1 aromatic rings. The predicted molar refractivity (Wildman–Crippen MR) is 41.6 cm³/mol. The molecule has 0 aromatic heterocycles. The largest absolute Gasteiger partial charge is 0.326 e. The van der Waals surface area contributed by atoms with Gasteiger partial charge in [0, 0.05) is 11.8 Å². The molecular weight excluding hydrogens is 145 g/mol. The summed E-state index contributed by atoms with van der Waals surface area (Å²) < 4.78 is 10.3. The molecule has 2 nitrogen and oxygen atoms in total. The molecule has 0 atom stereocenters. The van der Waals surface area contributed by atoms with Crippen molar-refractivity contribution in [2.75, 3.05) is 0 Å². The summed E-state index contributed by atoms with van der Waals surface area (Å²) in [6.07, 6.45) is 0. The highest BCUT2D eigenvalue weighted by atomic mass is 31.1. The van der Waals surface area contributed by atoms with Crippen LogP contribution in [-0.4, -0.2) is 0 Å². The molecule has 1 aromatic carbocycles. The van der Waals surface area contributed by atoms with Crippen LogP contribution in [0.4, 0.5) is 0 Å². The third kappa shape index (κ3) is 1.63. The Morgan fingerprint density at radius 3 is 2.30 bits per heavy atom. The smallest absolute Gasteiger partial charge is 0.192 e. The average molecular weight is 153 g/mol. The minimum atomic E-state index is 0.0671. The van der Waals surface area contributed by atoms with Crippen LogP contribution in [0, 0.1) is 0 Å². The van der Waals surface area contributed by atoms with Gasteiger partial charge in [-0.25, -0.2) is 0 Å². The van der Waals surface area contributed by atoms with E-state index in [4.69, 9.17) is 5.73 Å². The van der Waals surface area contributed by atoms with Crippen molar-refractivity contribution in [3.63, 3.8) is 0 Å². The highest BCUT2D eigenvalue weighted by Crippen LogP contribution is 1.99. The van der Waals surface area contributed by atoms with Crippen LogP contribution in [0.5, 0.6) is 0 Å². The molecule has 1 rings (SSSR count). The van der Waals surface area contributed by atoms with Crippen molar-refractivity contribution in [1.29, 1.82) is 0 Å². The van der Waals surface area contributed by atoms with E-state index in [0.717, 1.165) is 10.9 Å². The second-order valence-electron chi connectivity index (χ2n) is 1.96. The number of benzene rings is 1. The second-order valence-corrected chi connectivity index (χ2v) is 2.66. The van der Waals surface area contributed by atoms with Crippen molar-refractivity contribution in [2.45, 2.75) is 6.54 Å². The number of hydrogen-bond acceptors (Lipinski definition) is 2. The van der Waals surface area contributed by atoms with Crippen LogP contribution in [0.15, 0.2) is 24.3 Å². The maximum Gasteiger partial charge on any atom is 0.192 e. The van der Waals surface area contributed by atoms with E-state index >= 15 is 0 Å². The Morgan fingerprint density at radius 2 is 1.90 bits per heavy atom. The Hall–Kier alpha value is -0.720. The Labute approximate surface area is 61.3 Å². The van der Waals surface area contributed by atoms with Gasteiger partial charge in [0.15, 0.2) is 8.46 Å². The number of hydrogen-bond donors (Lipinski definition) is 1. The molecule has 0 fully saturated rings. The fourth-order valence-electron chi connectivity index (χ4n) is 0.693. The summed E-state index contributed by atoms with van der Waals surface area (Å²) in [5.74, 6) is 0. The quantitative estimate of drug-likeness (QED) is 0.645. The SMILES string of the molecule is NCc1ccc(P=O)cc1.